The highest BCUT2D eigenvalue weighted by atomic mass is 16.4. The fraction of sp³-hybridized carbons (Fsp3) is 0.231. The largest absolute Gasteiger partial charge is 0.480 e. The van der Waals surface area contributed by atoms with Gasteiger partial charge in [-0.1, -0.05) is 0 Å². The van der Waals surface area contributed by atoms with E-state index in [1.165, 1.54) is 0 Å². The van der Waals surface area contributed by atoms with Gasteiger partial charge in [0.15, 0.2) is 5.69 Å². The van der Waals surface area contributed by atoms with Crippen LogP contribution in [0, 0.1) is 13.8 Å². The zero-order valence-electron chi connectivity index (χ0n) is 11.9. The first-order chi connectivity index (χ1) is 10.5. The van der Waals surface area contributed by atoms with E-state index >= 15 is 0 Å². The van der Waals surface area contributed by atoms with Gasteiger partial charge in [0.1, 0.15) is 6.54 Å². The molecule has 3 aromatic rings. The summed E-state index contributed by atoms with van der Waals surface area (Å²) in [6.45, 7) is 3.43. The lowest BCUT2D eigenvalue weighted by Gasteiger charge is -2.05. The summed E-state index contributed by atoms with van der Waals surface area (Å²) in [5.74, 6) is -1.10. The molecule has 2 aromatic heterocycles. The van der Waals surface area contributed by atoms with E-state index in [1.807, 2.05) is 26.0 Å². The number of aromatic amines is 1. The maximum absolute atomic E-state index is 12.2. The Labute approximate surface area is 123 Å². The fourth-order valence-corrected chi connectivity index (χ4v) is 2.11. The van der Waals surface area contributed by atoms with Gasteiger partial charge in [-0.15, -0.1) is 5.10 Å². The van der Waals surface area contributed by atoms with Crippen LogP contribution in [0.5, 0.6) is 0 Å². The lowest BCUT2D eigenvalue weighted by Crippen LogP contribution is -2.17. The number of nitrogens with zero attached hydrogens (tertiary/aromatic N) is 5. The highest BCUT2D eigenvalue weighted by molar-refractivity contribution is 5.78. The summed E-state index contributed by atoms with van der Waals surface area (Å²) >= 11 is 0. The number of aliphatic carboxylic acids is 1. The van der Waals surface area contributed by atoms with E-state index in [-0.39, 0.29) is 11.5 Å². The maximum atomic E-state index is 12.2. The Morgan fingerprint density at radius 2 is 2.05 bits per heavy atom. The Bertz CT molecular complexity index is 943. The smallest absolute Gasteiger partial charge is 0.325 e. The van der Waals surface area contributed by atoms with Gasteiger partial charge < -0.3 is 10.1 Å². The van der Waals surface area contributed by atoms with Crippen molar-refractivity contribution in [1.82, 2.24) is 30.2 Å². The van der Waals surface area contributed by atoms with Gasteiger partial charge in [-0.2, -0.15) is 0 Å². The molecule has 0 atom stereocenters. The van der Waals surface area contributed by atoms with Gasteiger partial charge in [-0.25, -0.2) is 9.67 Å². The molecule has 0 unspecified atom stereocenters. The van der Waals surface area contributed by atoms with Crippen LogP contribution in [0.15, 0.2) is 16.9 Å². The van der Waals surface area contributed by atoms with Gasteiger partial charge in [0.25, 0.3) is 5.56 Å². The fourth-order valence-electron chi connectivity index (χ4n) is 2.11. The Hall–Kier alpha value is -3.10. The molecule has 0 spiro atoms. The van der Waals surface area contributed by atoms with Crippen LogP contribution in [-0.4, -0.2) is 41.3 Å². The summed E-state index contributed by atoms with van der Waals surface area (Å²) in [7, 11) is 0. The topological polar surface area (TPSA) is 127 Å². The number of hydrogen-bond acceptors (Lipinski definition) is 6. The second kappa shape index (κ2) is 5.02. The average molecular weight is 300 g/mol. The zero-order chi connectivity index (χ0) is 15.9. The number of H-pyrrole nitrogens is 1. The van der Waals surface area contributed by atoms with Crippen LogP contribution < -0.4 is 5.56 Å². The van der Waals surface area contributed by atoms with Gasteiger partial charge in [-0.3, -0.25) is 9.59 Å². The van der Waals surface area contributed by atoms with E-state index in [4.69, 9.17) is 5.11 Å². The van der Waals surface area contributed by atoms with Crippen LogP contribution in [0.3, 0.4) is 0 Å². The summed E-state index contributed by atoms with van der Waals surface area (Å²) in [4.78, 5) is 30.0. The van der Waals surface area contributed by atoms with E-state index in [1.54, 1.807) is 0 Å². The Morgan fingerprint density at radius 3 is 2.77 bits per heavy atom. The number of carbonyl (C=O) groups is 1. The molecule has 3 rings (SSSR count). The Balaban J connectivity index is 2.21. The van der Waals surface area contributed by atoms with Crippen molar-refractivity contribution in [3.8, 4) is 11.5 Å². The van der Waals surface area contributed by atoms with Crippen molar-refractivity contribution in [2.24, 2.45) is 0 Å². The lowest BCUT2D eigenvalue weighted by molar-refractivity contribution is -0.137. The van der Waals surface area contributed by atoms with Crippen LogP contribution in [-0.2, 0) is 11.3 Å². The van der Waals surface area contributed by atoms with E-state index in [9.17, 15) is 9.59 Å². The molecule has 0 radical (unpaired) electrons. The summed E-state index contributed by atoms with van der Waals surface area (Å²) < 4.78 is 1.02. The third kappa shape index (κ3) is 2.32. The molecule has 1 aromatic carbocycles. The third-order valence-corrected chi connectivity index (χ3v) is 3.34. The minimum Gasteiger partial charge on any atom is -0.480 e. The highest BCUT2D eigenvalue weighted by Crippen LogP contribution is 2.17. The minimum absolute atomic E-state index is 0.0120. The number of nitrogens with one attached hydrogen (secondary N) is 1. The number of benzene rings is 1. The maximum Gasteiger partial charge on any atom is 0.325 e. The predicted octanol–water partition coefficient (Wildman–Crippen LogP) is 0.278. The number of rotatable bonds is 3. The molecule has 9 heteroatoms. The average Bonchev–Trinajstić information content (AvgIpc) is 2.87. The monoisotopic (exact) mass is 300 g/mol. The number of fused-ring (bicyclic) bond motifs is 1. The molecule has 0 bridgehead atoms. The molecule has 0 saturated carbocycles. The second-order valence-electron chi connectivity index (χ2n) is 4.92. The van der Waals surface area contributed by atoms with Gasteiger partial charge in [-0.05, 0) is 47.5 Å². The number of carboxylic acids is 1. The molecule has 0 saturated heterocycles. The van der Waals surface area contributed by atoms with Crippen LogP contribution >= 0.6 is 0 Å². The van der Waals surface area contributed by atoms with Crippen LogP contribution in [0.4, 0.5) is 0 Å². The van der Waals surface area contributed by atoms with Crippen molar-refractivity contribution in [3.05, 3.63) is 33.6 Å². The standard InChI is InChI=1S/C13H12N6O3/c1-6-3-8-9(4-7(6)2)15-13(22)11(14-8)12-16-17-18-19(12)5-10(20)21/h3-4H,5H2,1-2H3,(H,15,22)(H,20,21). The van der Waals surface area contributed by atoms with Crippen molar-refractivity contribution < 1.29 is 9.90 Å². The molecule has 22 heavy (non-hydrogen) atoms. The first kappa shape index (κ1) is 13.9. The summed E-state index contributed by atoms with van der Waals surface area (Å²) in [6, 6.07) is 3.68. The number of aryl methyl sites for hydroxylation is 2. The number of tetrazole rings is 1. The van der Waals surface area contributed by atoms with Gasteiger partial charge in [0.05, 0.1) is 11.0 Å². The molecule has 0 amide bonds. The van der Waals surface area contributed by atoms with Crippen LogP contribution in [0.2, 0.25) is 0 Å². The third-order valence-electron chi connectivity index (χ3n) is 3.34. The zero-order valence-corrected chi connectivity index (χ0v) is 11.9. The van der Waals surface area contributed by atoms with Gasteiger partial charge in [0, 0.05) is 0 Å². The molecule has 2 heterocycles. The summed E-state index contributed by atoms with van der Waals surface area (Å²) in [5.41, 5.74) is 2.77. The predicted molar refractivity (Wildman–Crippen MR) is 76.3 cm³/mol. The van der Waals surface area contributed by atoms with E-state index < -0.39 is 18.1 Å². The van der Waals surface area contributed by atoms with Crippen LogP contribution in [0.1, 0.15) is 11.1 Å². The Morgan fingerprint density at radius 1 is 1.32 bits per heavy atom. The molecule has 0 aliphatic carbocycles. The molecule has 0 aliphatic heterocycles. The number of carboxylic acid groups (broad SMARTS) is 1. The van der Waals surface area contributed by atoms with E-state index in [0.717, 1.165) is 15.8 Å². The lowest BCUT2D eigenvalue weighted by atomic mass is 10.1. The van der Waals surface area contributed by atoms with Crippen molar-refractivity contribution >= 4 is 17.0 Å². The molecule has 9 nitrogen and oxygen atoms in total. The quantitative estimate of drug-likeness (QED) is 0.711. The van der Waals surface area contributed by atoms with Crippen molar-refractivity contribution in [1.29, 1.82) is 0 Å². The molecule has 0 aliphatic rings. The van der Waals surface area contributed by atoms with Gasteiger partial charge in [0.2, 0.25) is 5.82 Å². The first-order valence-electron chi connectivity index (χ1n) is 6.45. The molecular weight excluding hydrogens is 288 g/mol. The summed E-state index contributed by atoms with van der Waals surface area (Å²) in [5, 5.41) is 19.5. The molecule has 2 N–H and O–H groups in total. The van der Waals surface area contributed by atoms with Crippen LogP contribution in [0.25, 0.3) is 22.6 Å². The SMILES string of the molecule is Cc1cc2nc(-c3nnnn3CC(=O)O)c(=O)[nH]c2cc1C. The molecular formula is C13H12N6O3. The Kier molecular flexibility index (Phi) is 3.17. The molecule has 0 fully saturated rings. The number of hydrogen-bond donors (Lipinski definition) is 2. The number of aromatic nitrogens is 6. The van der Waals surface area contributed by atoms with Crippen molar-refractivity contribution in [2.75, 3.05) is 0 Å². The molecule has 112 valence electrons. The van der Waals surface area contributed by atoms with Gasteiger partial charge >= 0.3 is 5.97 Å². The summed E-state index contributed by atoms with van der Waals surface area (Å²) in [6.07, 6.45) is 0. The van der Waals surface area contributed by atoms with E-state index in [0.29, 0.717) is 11.0 Å². The normalized spacial score (nSPS) is 11.0. The highest BCUT2D eigenvalue weighted by Gasteiger charge is 2.17. The van der Waals surface area contributed by atoms with E-state index in [2.05, 4.69) is 25.5 Å². The van der Waals surface area contributed by atoms with Crippen molar-refractivity contribution in [2.45, 2.75) is 20.4 Å². The van der Waals surface area contributed by atoms with Crippen molar-refractivity contribution in [3.63, 3.8) is 0 Å². The minimum atomic E-state index is -1.11. The first-order valence-corrected chi connectivity index (χ1v) is 6.45. The second-order valence-corrected chi connectivity index (χ2v) is 4.92.